The second kappa shape index (κ2) is 7.73. The number of hydrogen-bond donors (Lipinski definition) is 2. The summed E-state index contributed by atoms with van der Waals surface area (Å²) in [4.78, 5) is 49.0. The number of ether oxygens (including phenoxy) is 1. The molecule has 1 aliphatic rings. The molecule has 0 aromatic heterocycles. The SMILES string of the molecule is CC1=C(CNC(=O)C(C)NC(=O)OC(C)(C)C)C(=O)c2ccccc2C1=O. The maximum absolute atomic E-state index is 12.6. The number of fused-ring (bicyclic) bond motifs is 1. The zero-order valence-corrected chi connectivity index (χ0v) is 16.1. The van der Waals surface area contributed by atoms with E-state index in [1.165, 1.54) is 6.92 Å². The number of ketones is 2. The first-order chi connectivity index (χ1) is 12.5. The van der Waals surface area contributed by atoms with Gasteiger partial charge in [0.1, 0.15) is 11.6 Å². The monoisotopic (exact) mass is 372 g/mol. The van der Waals surface area contributed by atoms with Crippen LogP contribution in [0, 0.1) is 0 Å². The van der Waals surface area contributed by atoms with Crippen molar-refractivity contribution in [2.45, 2.75) is 46.3 Å². The maximum Gasteiger partial charge on any atom is 0.408 e. The minimum atomic E-state index is -0.859. The van der Waals surface area contributed by atoms with E-state index in [-0.39, 0.29) is 23.7 Å². The van der Waals surface area contributed by atoms with Crippen LogP contribution in [0.5, 0.6) is 0 Å². The molecule has 0 bridgehead atoms. The number of carbonyl (C=O) groups excluding carboxylic acids is 4. The molecule has 1 aromatic carbocycles. The van der Waals surface area contributed by atoms with Crippen molar-refractivity contribution in [3.05, 3.63) is 46.5 Å². The van der Waals surface area contributed by atoms with Crippen LogP contribution in [0.15, 0.2) is 35.4 Å². The lowest BCUT2D eigenvalue weighted by Crippen LogP contribution is -2.47. The number of carbonyl (C=O) groups is 4. The average Bonchev–Trinajstić information content (AvgIpc) is 2.57. The highest BCUT2D eigenvalue weighted by Gasteiger charge is 2.30. The Morgan fingerprint density at radius 2 is 1.63 bits per heavy atom. The van der Waals surface area contributed by atoms with Crippen molar-refractivity contribution < 1.29 is 23.9 Å². The molecular weight excluding hydrogens is 348 g/mol. The molecule has 0 saturated carbocycles. The lowest BCUT2D eigenvalue weighted by Gasteiger charge is -2.22. The molecule has 1 aliphatic carbocycles. The fourth-order valence-corrected chi connectivity index (χ4v) is 2.64. The van der Waals surface area contributed by atoms with Gasteiger partial charge in [-0.1, -0.05) is 24.3 Å². The number of allylic oxidation sites excluding steroid dienone is 1. The Hall–Kier alpha value is -2.96. The zero-order chi connectivity index (χ0) is 20.4. The number of rotatable bonds is 4. The first kappa shape index (κ1) is 20.4. The van der Waals surface area contributed by atoms with Gasteiger partial charge in [-0.15, -0.1) is 0 Å². The molecule has 1 unspecified atom stereocenters. The Kier molecular flexibility index (Phi) is 5.83. The summed E-state index contributed by atoms with van der Waals surface area (Å²) >= 11 is 0. The number of Topliss-reactive ketones (excluding diaryl/α,β-unsaturated/α-hetero) is 2. The summed E-state index contributed by atoms with van der Waals surface area (Å²) in [5.74, 6) is -0.995. The minimum Gasteiger partial charge on any atom is -0.444 e. The topological polar surface area (TPSA) is 102 Å². The summed E-state index contributed by atoms with van der Waals surface area (Å²) < 4.78 is 5.10. The molecule has 0 spiro atoms. The van der Waals surface area contributed by atoms with Crippen LogP contribution in [-0.2, 0) is 9.53 Å². The molecule has 0 fully saturated rings. The average molecular weight is 372 g/mol. The van der Waals surface area contributed by atoms with Crippen LogP contribution < -0.4 is 10.6 Å². The van der Waals surface area contributed by atoms with E-state index < -0.39 is 23.6 Å². The van der Waals surface area contributed by atoms with Crippen LogP contribution in [-0.4, -0.2) is 41.8 Å². The van der Waals surface area contributed by atoms with Crippen molar-refractivity contribution >= 4 is 23.6 Å². The van der Waals surface area contributed by atoms with Crippen LogP contribution in [0.2, 0.25) is 0 Å². The van der Waals surface area contributed by atoms with Crippen molar-refractivity contribution in [3.8, 4) is 0 Å². The Balaban J connectivity index is 2.02. The van der Waals surface area contributed by atoms with Gasteiger partial charge < -0.3 is 15.4 Å². The molecule has 2 amide bonds. The molecule has 144 valence electrons. The first-order valence-corrected chi connectivity index (χ1v) is 8.66. The Morgan fingerprint density at radius 1 is 1.07 bits per heavy atom. The summed E-state index contributed by atoms with van der Waals surface area (Å²) in [7, 11) is 0. The molecule has 0 heterocycles. The van der Waals surface area contributed by atoms with E-state index in [0.29, 0.717) is 16.7 Å². The highest BCUT2D eigenvalue weighted by molar-refractivity contribution is 6.26. The summed E-state index contributed by atoms with van der Waals surface area (Å²) in [6.45, 7) is 8.13. The molecule has 2 rings (SSSR count). The van der Waals surface area contributed by atoms with Gasteiger partial charge in [-0.25, -0.2) is 4.79 Å². The van der Waals surface area contributed by atoms with Gasteiger partial charge in [0.25, 0.3) is 0 Å². The number of alkyl carbamates (subject to hydrolysis) is 1. The fourth-order valence-electron chi connectivity index (χ4n) is 2.64. The molecule has 1 aromatic rings. The molecule has 2 N–H and O–H groups in total. The predicted octanol–water partition coefficient (Wildman–Crippen LogP) is 2.41. The third-order valence-corrected chi connectivity index (χ3v) is 4.05. The van der Waals surface area contributed by atoms with E-state index in [9.17, 15) is 19.2 Å². The smallest absolute Gasteiger partial charge is 0.408 e. The second-order valence-electron chi connectivity index (χ2n) is 7.39. The van der Waals surface area contributed by atoms with E-state index in [4.69, 9.17) is 4.74 Å². The summed E-state index contributed by atoms with van der Waals surface area (Å²) in [5, 5.41) is 5.02. The molecule has 0 saturated heterocycles. The number of nitrogens with one attached hydrogen (secondary N) is 2. The van der Waals surface area contributed by atoms with Crippen LogP contribution in [0.4, 0.5) is 4.79 Å². The van der Waals surface area contributed by atoms with E-state index >= 15 is 0 Å². The molecule has 0 radical (unpaired) electrons. The molecule has 7 nitrogen and oxygen atoms in total. The quantitative estimate of drug-likeness (QED) is 0.845. The van der Waals surface area contributed by atoms with E-state index in [1.54, 1.807) is 52.0 Å². The number of hydrogen-bond acceptors (Lipinski definition) is 5. The third kappa shape index (κ3) is 4.81. The predicted molar refractivity (Wildman–Crippen MR) is 99.6 cm³/mol. The zero-order valence-electron chi connectivity index (χ0n) is 16.1. The van der Waals surface area contributed by atoms with Crippen LogP contribution in [0.3, 0.4) is 0 Å². The van der Waals surface area contributed by atoms with Crippen molar-refractivity contribution in [2.75, 3.05) is 6.54 Å². The number of benzene rings is 1. The van der Waals surface area contributed by atoms with Crippen molar-refractivity contribution in [2.24, 2.45) is 0 Å². The highest BCUT2D eigenvalue weighted by atomic mass is 16.6. The summed E-state index contributed by atoms with van der Waals surface area (Å²) in [6, 6.07) is 5.74. The first-order valence-electron chi connectivity index (χ1n) is 8.66. The third-order valence-electron chi connectivity index (χ3n) is 4.05. The Bertz CT molecular complexity index is 833. The normalized spacial score (nSPS) is 15.1. The van der Waals surface area contributed by atoms with Crippen LogP contribution in [0.1, 0.15) is 55.3 Å². The van der Waals surface area contributed by atoms with Gasteiger partial charge in [0.15, 0.2) is 11.6 Å². The van der Waals surface area contributed by atoms with Gasteiger partial charge in [0.2, 0.25) is 5.91 Å². The van der Waals surface area contributed by atoms with Crippen molar-refractivity contribution in [1.82, 2.24) is 10.6 Å². The van der Waals surface area contributed by atoms with Gasteiger partial charge in [-0.05, 0) is 34.6 Å². The lowest BCUT2D eigenvalue weighted by molar-refractivity contribution is -0.122. The van der Waals surface area contributed by atoms with Crippen LogP contribution in [0.25, 0.3) is 0 Å². The van der Waals surface area contributed by atoms with E-state index in [0.717, 1.165) is 0 Å². The van der Waals surface area contributed by atoms with E-state index in [1.807, 2.05) is 0 Å². The lowest BCUT2D eigenvalue weighted by atomic mass is 9.84. The molecule has 27 heavy (non-hydrogen) atoms. The van der Waals surface area contributed by atoms with Gasteiger partial charge in [-0.2, -0.15) is 0 Å². The largest absolute Gasteiger partial charge is 0.444 e. The van der Waals surface area contributed by atoms with E-state index in [2.05, 4.69) is 10.6 Å². The standard InChI is InChI=1S/C20H24N2O5/c1-11-15(17(24)14-9-7-6-8-13(14)16(11)23)10-21-18(25)12(2)22-19(26)27-20(3,4)5/h6-9,12H,10H2,1-5H3,(H,21,25)(H,22,26). The Morgan fingerprint density at radius 3 is 2.19 bits per heavy atom. The van der Waals surface area contributed by atoms with Crippen LogP contribution >= 0.6 is 0 Å². The second-order valence-corrected chi connectivity index (χ2v) is 7.39. The minimum absolute atomic E-state index is 0.0933. The molecular formula is C20H24N2O5. The highest BCUT2D eigenvalue weighted by Crippen LogP contribution is 2.25. The van der Waals surface area contributed by atoms with Crippen molar-refractivity contribution in [3.63, 3.8) is 0 Å². The van der Waals surface area contributed by atoms with Gasteiger partial charge >= 0.3 is 6.09 Å². The molecule has 1 atom stereocenters. The Labute approximate surface area is 158 Å². The van der Waals surface area contributed by atoms with Crippen molar-refractivity contribution in [1.29, 1.82) is 0 Å². The number of amides is 2. The summed E-state index contributed by atoms with van der Waals surface area (Å²) in [6.07, 6.45) is -0.710. The fraction of sp³-hybridized carbons (Fsp3) is 0.400. The molecule has 0 aliphatic heterocycles. The van der Waals surface area contributed by atoms with Gasteiger partial charge in [-0.3, -0.25) is 14.4 Å². The van der Waals surface area contributed by atoms with Gasteiger partial charge in [0, 0.05) is 28.8 Å². The summed E-state index contributed by atoms with van der Waals surface area (Å²) in [5.41, 5.74) is 0.584. The van der Waals surface area contributed by atoms with Gasteiger partial charge in [0.05, 0.1) is 0 Å². The maximum atomic E-state index is 12.6. The molecule has 7 heteroatoms.